The molecule has 25 heavy (non-hydrogen) atoms. The second kappa shape index (κ2) is 5.53. The Balaban J connectivity index is 2.63. The predicted molar refractivity (Wildman–Crippen MR) is 94.9 cm³/mol. The van der Waals surface area contributed by atoms with E-state index in [1.165, 1.54) is 0 Å². The van der Waals surface area contributed by atoms with E-state index in [1.807, 2.05) is 0 Å². The molecule has 0 spiro atoms. The van der Waals surface area contributed by atoms with Crippen molar-refractivity contribution in [2.45, 2.75) is 13.8 Å². The van der Waals surface area contributed by atoms with E-state index in [1.54, 1.807) is 43.7 Å². The Labute approximate surface area is 144 Å². The van der Waals surface area contributed by atoms with E-state index in [4.69, 9.17) is 11.5 Å². The summed E-state index contributed by atoms with van der Waals surface area (Å²) in [5, 5.41) is 20.2. The lowest BCUT2D eigenvalue weighted by atomic mass is 9.94. The summed E-state index contributed by atoms with van der Waals surface area (Å²) >= 11 is 0. The highest BCUT2D eigenvalue weighted by Crippen LogP contribution is 2.41. The van der Waals surface area contributed by atoms with Crippen LogP contribution in [0.25, 0.3) is 22.2 Å². The number of fused-ring (bicyclic) bond motifs is 1. The number of carbonyl (C=O) groups is 1. The molecule has 126 valence electrons. The van der Waals surface area contributed by atoms with Crippen molar-refractivity contribution >= 4 is 22.6 Å². The molecular formula is C18H17N5O2. The summed E-state index contributed by atoms with van der Waals surface area (Å²) in [4.78, 5) is 16.1. The van der Waals surface area contributed by atoms with E-state index in [0.717, 1.165) is 0 Å². The quantitative estimate of drug-likeness (QED) is 0.660. The van der Waals surface area contributed by atoms with Crippen molar-refractivity contribution in [1.29, 1.82) is 5.26 Å². The molecule has 0 bridgehead atoms. The molecule has 0 unspecified atom stereocenters. The largest absolute Gasteiger partial charge is 0.508 e. The van der Waals surface area contributed by atoms with E-state index in [2.05, 4.69) is 11.1 Å². The number of anilines is 1. The van der Waals surface area contributed by atoms with Crippen molar-refractivity contribution in [2.24, 2.45) is 12.8 Å². The average molecular weight is 335 g/mol. The van der Waals surface area contributed by atoms with Gasteiger partial charge in [-0.3, -0.25) is 4.79 Å². The standard InChI is InChI=1S/C18H17N5O2/c1-8-10(5-4-6-12(8)24)13-14-11(7-19)9(2)23(3)18(14)22-16(15(13)20)17(21)25/h4-6,24H,20H2,1-3H3,(H2,21,25). The van der Waals surface area contributed by atoms with E-state index >= 15 is 0 Å². The van der Waals surface area contributed by atoms with Gasteiger partial charge in [0, 0.05) is 23.7 Å². The van der Waals surface area contributed by atoms with Gasteiger partial charge in [0.15, 0.2) is 5.69 Å². The topological polar surface area (TPSA) is 131 Å². The van der Waals surface area contributed by atoms with Gasteiger partial charge in [-0.15, -0.1) is 0 Å². The number of hydrogen-bond acceptors (Lipinski definition) is 5. The number of benzene rings is 1. The van der Waals surface area contributed by atoms with Gasteiger partial charge in [0.2, 0.25) is 0 Å². The molecule has 3 aromatic rings. The number of carbonyl (C=O) groups excluding carboxylic acids is 1. The van der Waals surface area contributed by atoms with E-state index in [9.17, 15) is 15.2 Å². The van der Waals surface area contributed by atoms with Crippen LogP contribution in [0.2, 0.25) is 0 Å². The highest BCUT2D eigenvalue weighted by molar-refractivity contribution is 6.10. The molecule has 0 aliphatic heterocycles. The Morgan fingerprint density at radius 1 is 1.36 bits per heavy atom. The molecular weight excluding hydrogens is 318 g/mol. The maximum absolute atomic E-state index is 11.8. The van der Waals surface area contributed by atoms with Crippen molar-refractivity contribution in [3.8, 4) is 22.9 Å². The number of rotatable bonds is 2. The Morgan fingerprint density at radius 2 is 2.04 bits per heavy atom. The SMILES string of the molecule is Cc1c(O)cccc1-c1c(N)c(C(N)=O)nc2c1c(C#N)c(C)n2C. The molecule has 0 saturated heterocycles. The molecule has 5 N–H and O–H groups in total. The fourth-order valence-electron chi connectivity index (χ4n) is 3.07. The molecule has 0 aliphatic carbocycles. The highest BCUT2D eigenvalue weighted by Gasteiger charge is 2.25. The molecule has 3 rings (SSSR count). The zero-order chi connectivity index (χ0) is 18.5. The normalized spacial score (nSPS) is 10.8. The van der Waals surface area contributed by atoms with Crippen LogP contribution in [0.15, 0.2) is 18.2 Å². The monoisotopic (exact) mass is 335 g/mol. The number of phenols is 1. The number of aryl methyl sites for hydroxylation is 1. The van der Waals surface area contributed by atoms with Crippen molar-refractivity contribution < 1.29 is 9.90 Å². The van der Waals surface area contributed by atoms with Crippen molar-refractivity contribution in [3.05, 3.63) is 40.7 Å². The fourth-order valence-corrected chi connectivity index (χ4v) is 3.07. The van der Waals surface area contributed by atoms with Crippen LogP contribution in [0, 0.1) is 25.2 Å². The summed E-state index contributed by atoms with van der Waals surface area (Å²) in [6.07, 6.45) is 0. The number of aromatic nitrogens is 2. The van der Waals surface area contributed by atoms with Crippen molar-refractivity contribution in [1.82, 2.24) is 9.55 Å². The van der Waals surface area contributed by atoms with Gasteiger partial charge >= 0.3 is 0 Å². The lowest BCUT2D eigenvalue weighted by molar-refractivity contribution is 0.0997. The van der Waals surface area contributed by atoms with Gasteiger partial charge in [-0.1, -0.05) is 12.1 Å². The summed E-state index contributed by atoms with van der Waals surface area (Å²) in [6, 6.07) is 7.19. The second-order valence-electron chi connectivity index (χ2n) is 5.89. The number of nitrogen functional groups attached to an aromatic ring is 1. The summed E-state index contributed by atoms with van der Waals surface area (Å²) < 4.78 is 1.72. The molecule has 1 aromatic carbocycles. The van der Waals surface area contributed by atoms with Gasteiger partial charge in [0.05, 0.1) is 11.3 Å². The van der Waals surface area contributed by atoms with Crippen LogP contribution in [-0.4, -0.2) is 20.6 Å². The van der Waals surface area contributed by atoms with Crippen LogP contribution in [0.4, 0.5) is 5.69 Å². The number of phenolic OH excluding ortho intramolecular Hbond substituents is 1. The first-order chi connectivity index (χ1) is 11.8. The molecule has 2 heterocycles. The number of pyridine rings is 1. The molecule has 0 saturated carbocycles. The van der Waals surface area contributed by atoms with Crippen LogP contribution >= 0.6 is 0 Å². The minimum absolute atomic E-state index is 0.0599. The average Bonchev–Trinajstić information content (AvgIpc) is 2.81. The van der Waals surface area contributed by atoms with Crippen molar-refractivity contribution in [2.75, 3.05) is 5.73 Å². The first kappa shape index (κ1) is 16.3. The number of primary amides is 1. The maximum atomic E-state index is 11.8. The number of hydrogen-bond donors (Lipinski definition) is 3. The number of amides is 1. The minimum atomic E-state index is -0.754. The van der Waals surface area contributed by atoms with Gasteiger partial charge in [0.1, 0.15) is 17.5 Å². The Morgan fingerprint density at radius 3 is 2.64 bits per heavy atom. The molecule has 0 fully saturated rings. The molecule has 1 amide bonds. The second-order valence-corrected chi connectivity index (χ2v) is 5.89. The third kappa shape index (κ3) is 2.19. The fraction of sp³-hybridized carbons (Fsp3) is 0.167. The van der Waals surface area contributed by atoms with Crippen molar-refractivity contribution in [3.63, 3.8) is 0 Å². The number of nitrogens with zero attached hydrogens (tertiary/aromatic N) is 3. The molecule has 0 radical (unpaired) electrons. The third-order valence-corrected chi connectivity index (χ3v) is 4.57. The molecule has 7 nitrogen and oxygen atoms in total. The van der Waals surface area contributed by atoms with Crippen LogP contribution in [0.1, 0.15) is 27.3 Å². The number of nitriles is 1. The van der Waals surface area contributed by atoms with Crippen LogP contribution in [-0.2, 0) is 7.05 Å². The van der Waals surface area contributed by atoms with E-state index in [0.29, 0.717) is 39.0 Å². The first-order valence-corrected chi connectivity index (χ1v) is 7.56. The summed E-state index contributed by atoms with van der Waals surface area (Å²) in [5.74, 6) is -0.663. The van der Waals surface area contributed by atoms with E-state index < -0.39 is 5.91 Å². The summed E-state index contributed by atoms with van der Waals surface area (Å²) in [5.41, 5.74) is 14.9. The predicted octanol–water partition coefficient (Wildman–Crippen LogP) is 2.12. The van der Waals surface area contributed by atoms with Gasteiger partial charge < -0.3 is 21.1 Å². The number of nitrogens with two attached hydrogens (primary N) is 2. The van der Waals surface area contributed by atoms with Gasteiger partial charge in [-0.2, -0.15) is 5.26 Å². The highest BCUT2D eigenvalue weighted by atomic mass is 16.3. The molecule has 7 heteroatoms. The lowest BCUT2D eigenvalue weighted by Crippen LogP contribution is -2.17. The smallest absolute Gasteiger partial charge is 0.269 e. The lowest BCUT2D eigenvalue weighted by Gasteiger charge is -2.14. The Bertz CT molecular complexity index is 1090. The Hall–Kier alpha value is -3.53. The van der Waals surface area contributed by atoms with Crippen LogP contribution < -0.4 is 11.5 Å². The minimum Gasteiger partial charge on any atom is -0.508 e. The van der Waals surface area contributed by atoms with Gasteiger partial charge in [0.25, 0.3) is 5.91 Å². The molecule has 2 aromatic heterocycles. The number of aromatic hydroxyl groups is 1. The van der Waals surface area contributed by atoms with E-state index in [-0.39, 0.29) is 17.1 Å². The zero-order valence-electron chi connectivity index (χ0n) is 14.1. The molecule has 0 aliphatic rings. The Kier molecular flexibility index (Phi) is 3.61. The zero-order valence-corrected chi connectivity index (χ0v) is 14.1. The van der Waals surface area contributed by atoms with Gasteiger partial charge in [-0.05, 0) is 31.0 Å². The van der Waals surface area contributed by atoms with Crippen LogP contribution in [0.3, 0.4) is 0 Å². The van der Waals surface area contributed by atoms with Gasteiger partial charge in [-0.25, -0.2) is 4.98 Å². The maximum Gasteiger partial charge on any atom is 0.269 e. The third-order valence-electron chi connectivity index (χ3n) is 4.57. The van der Waals surface area contributed by atoms with Crippen LogP contribution in [0.5, 0.6) is 5.75 Å². The first-order valence-electron chi connectivity index (χ1n) is 7.56. The summed E-state index contributed by atoms with van der Waals surface area (Å²) in [7, 11) is 1.76. The summed E-state index contributed by atoms with van der Waals surface area (Å²) in [6.45, 7) is 3.53. The molecule has 0 atom stereocenters.